The molecule has 1 atom stereocenters. The van der Waals surface area contributed by atoms with Crippen molar-refractivity contribution < 1.29 is 4.79 Å². The average Bonchev–Trinajstić information content (AvgIpc) is 2.63. The van der Waals surface area contributed by atoms with Gasteiger partial charge in [-0.1, -0.05) is 6.92 Å². The maximum absolute atomic E-state index is 12.4. The van der Waals surface area contributed by atoms with Crippen LogP contribution in [0, 0.1) is 5.92 Å². The second-order valence-electron chi connectivity index (χ2n) is 5.01. The Hall–Kier alpha value is -1.58. The van der Waals surface area contributed by atoms with Crippen molar-refractivity contribution in [1.82, 2.24) is 9.88 Å². The van der Waals surface area contributed by atoms with Gasteiger partial charge in [0.1, 0.15) is 5.69 Å². The normalized spacial score (nSPS) is 20.3. The highest BCUT2D eigenvalue weighted by molar-refractivity contribution is 5.93. The Kier molecular flexibility index (Phi) is 4.18. The van der Waals surface area contributed by atoms with Crippen molar-refractivity contribution in [2.75, 3.05) is 25.5 Å². The second kappa shape index (κ2) is 5.85. The first-order chi connectivity index (χ1) is 8.70. The Morgan fingerprint density at radius 3 is 3.06 bits per heavy atom. The number of hydrogen-bond donors (Lipinski definition) is 1. The molecule has 1 amide bonds. The molecular weight excluding hydrogens is 226 g/mol. The van der Waals surface area contributed by atoms with Crippen LogP contribution in [0.25, 0.3) is 0 Å². The summed E-state index contributed by atoms with van der Waals surface area (Å²) in [5.74, 6) is 0.778. The predicted molar refractivity (Wildman–Crippen MR) is 72.7 cm³/mol. The molecule has 18 heavy (non-hydrogen) atoms. The molecule has 1 aliphatic heterocycles. The van der Waals surface area contributed by atoms with Gasteiger partial charge < -0.3 is 10.2 Å². The number of carbonyl (C=O) groups excluding carboxylic acids is 1. The number of carbonyl (C=O) groups is 1. The zero-order valence-electron chi connectivity index (χ0n) is 11.1. The molecule has 4 nitrogen and oxygen atoms in total. The zero-order valence-corrected chi connectivity index (χ0v) is 11.1. The monoisotopic (exact) mass is 247 g/mol. The molecule has 0 saturated carbocycles. The first-order valence-corrected chi connectivity index (χ1v) is 6.64. The van der Waals surface area contributed by atoms with Crippen LogP contribution in [0.3, 0.4) is 0 Å². The van der Waals surface area contributed by atoms with Crippen LogP contribution in [-0.2, 0) is 0 Å². The number of amides is 1. The summed E-state index contributed by atoms with van der Waals surface area (Å²) in [6.07, 6.45) is 5.09. The van der Waals surface area contributed by atoms with E-state index in [1.165, 1.54) is 6.42 Å². The Balaban J connectivity index is 2.09. The molecule has 0 aliphatic carbocycles. The van der Waals surface area contributed by atoms with Crippen LogP contribution in [0.4, 0.5) is 5.69 Å². The lowest BCUT2D eigenvalue weighted by molar-refractivity contribution is 0.0754. The third-order valence-corrected chi connectivity index (χ3v) is 3.57. The standard InChI is InChI=1S/C14H21N3O/c1-11-4-3-8-17(9-6-11)14(18)13-10-12(15-2)5-7-16-13/h5,7,10-11H,3-4,6,8-9H2,1-2H3,(H,15,16). The minimum Gasteiger partial charge on any atom is -0.388 e. The molecule has 1 fully saturated rings. The van der Waals surface area contributed by atoms with Crippen molar-refractivity contribution in [2.45, 2.75) is 26.2 Å². The number of nitrogens with one attached hydrogen (secondary N) is 1. The summed E-state index contributed by atoms with van der Waals surface area (Å²) in [6, 6.07) is 3.68. The maximum atomic E-state index is 12.4. The molecule has 0 aromatic carbocycles. The Bertz CT molecular complexity index is 419. The summed E-state index contributed by atoms with van der Waals surface area (Å²) in [5.41, 5.74) is 1.47. The van der Waals surface area contributed by atoms with E-state index in [1.807, 2.05) is 24.1 Å². The number of hydrogen-bond acceptors (Lipinski definition) is 3. The molecule has 2 rings (SSSR count). The van der Waals surface area contributed by atoms with Crippen molar-refractivity contribution in [1.29, 1.82) is 0 Å². The molecular formula is C14H21N3O. The number of nitrogens with zero attached hydrogens (tertiary/aromatic N) is 2. The van der Waals surface area contributed by atoms with E-state index in [0.717, 1.165) is 37.5 Å². The van der Waals surface area contributed by atoms with Crippen molar-refractivity contribution in [2.24, 2.45) is 5.92 Å². The van der Waals surface area contributed by atoms with Gasteiger partial charge in [-0.15, -0.1) is 0 Å². The summed E-state index contributed by atoms with van der Waals surface area (Å²) in [5, 5.41) is 3.03. The van der Waals surface area contributed by atoms with Gasteiger partial charge in [-0.3, -0.25) is 9.78 Å². The van der Waals surface area contributed by atoms with E-state index in [2.05, 4.69) is 17.2 Å². The fourth-order valence-electron chi connectivity index (χ4n) is 2.33. The Labute approximate surface area is 108 Å². The molecule has 0 bridgehead atoms. The van der Waals surface area contributed by atoms with Gasteiger partial charge in [-0.2, -0.15) is 0 Å². The van der Waals surface area contributed by atoms with E-state index < -0.39 is 0 Å². The van der Waals surface area contributed by atoms with Gasteiger partial charge in [0.2, 0.25) is 0 Å². The molecule has 1 saturated heterocycles. The molecule has 0 radical (unpaired) electrons. The molecule has 1 unspecified atom stereocenters. The van der Waals surface area contributed by atoms with Crippen molar-refractivity contribution in [3.63, 3.8) is 0 Å². The number of pyridine rings is 1. The lowest BCUT2D eigenvalue weighted by atomic mass is 10.0. The van der Waals surface area contributed by atoms with Crippen LogP contribution in [0.15, 0.2) is 18.3 Å². The summed E-state index contributed by atoms with van der Waals surface area (Å²) < 4.78 is 0. The predicted octanol–water partition coefficient (Wildman–Crippen LogP) is 2.39. The fourth-order valence-corrected chi connectivity index (χ4v) is 2.33. The SMILES string of the molecule is CNc1ccnc(C(=O)N2CCCC(C)CC2)c1. The van der Waals surface area contributed by atoms with Crippen LogP contribution in [0.5, 0.6) is 0 Å². The summed E-state index contributed by atoms with van der Waals surface area (Å²) in [7, 11) is 1.84. The highest BCUT2D eigenvalue weighted by atomic mass is 16.2. The Morgan fingerprint density at radius 1 is 1.44 bits per heavy atom. The number of likely N-dealkylation sites (tertiary alicyclic amines) is 1. The van der Waals surface area contributed by atoms with Gasteiger partial charge in [0.15, 0.2) is 0 Å². The van der Waals surface area contributed by atoms with Crippen LogP contribution in [-0.4, -0.2) is 35.9 Å². The number of anilines is 1. The van der Waals surface area contributed by atoms with E-state index >= 15 is 0 Å². The van der Waals surface area contributed by atoms with E-state index in [9.17, 15) is 4.79 Å². The van der Waals surface area contributed by atoms with Gasteiger partial charge >= 0.3 is 0 Å². The zero-order chi connectivity index (χ0) is 13.0. The van der Waals surface area contributed by atoms with Crippen molar-refractivity contribution in [3.05, 3.63) is 24.0 Å². The minimum absolute atomic E-state index is 0.0567. The van der Waals surface area contributed by atoms with Crippen molar-refractivity contribution in [3.8, 4) is 0 Å². The molecule has 2 heterocycles. The van der Waals surface area contributed by atoms with Crippen LogP contribution >= 0.6 is 0 Å². The fraction of sp³-hybridized carbons (Fsp3) is 0.571. The quantitative estimate of drug-likeness (QED) is 0.872. The summed E-state index contributed by atoms with van der Waals surface area (Å²) >= 11 is 0. The molecule has 1 N–H and O–H groups in total. The molecule has 4 heteroatoms. The third kappa shape index (κ3) is 3.00. The highest BCUT2D eigenvalue weighted by Crippen LogP contribution is 2.18. The largest absolute Gasteiger partial charge is 0.388 e. The second-order valence-corrected chi connectivity index (χ2v) is 5.01. The molecule has 98 valence electrons. The van der Waals surface area contributed by atoms with Crippen LogP contribution < -0.4 is 5.32 Å². The van der Waals surface area contributed by atoms with Crippen molar-refractivity contribution >= 4 is 11.6 Å². The number of rotatable bonds is 2. The summed E-state index contributed by atoms with van der Waals surface area (Å²) in [4.78, 5) is 18.5. The van der Waals surface area contributed by atoms with E-state index in [1.54, 1.807) is 6.20 Å². The lowest BCUT2D eigenvalue weighted by Crippen LogP contribution is -2.32. The topological polar surface area (TPSA) is 45.2 Å². The molecule has 1 aromatic rings. The molecule has 1 aromatic heterocycles. The average molecular weight is 247 g/mol. The number of aromatic nitrogens is 1. The molecule has 1 aliphatic rings. The van der Waals surface area contributed by atoms with Gasteiger partial charge in [-0.25, -0.2) is 0 Å². The van der Waals surface area contributed by atoms with Gasteiger partial charge in [0, 0.05) is 32.0 Å². The van der Waals surface area contributed by atoms with Gasteiger partial charge in [-0.05, 0) is 37.3 Å². The van der Waals surface area contributed by atoms with Gasteiger partial charge in [0.25, 0.3) is 5.91 Å². The highest BCUT2D eigenvalue weighted by Gasteiger charge is 2.20. The Morgan fingerprint density at radius 2 is 2.28 bits per heavy atom. The third-order valence-electron chi connectivity index (χ3n) is 3.57. The first-order valence-electron chi connectivity index (χ1n) is 6.64. The first kappa shape index (κ1) is 12.9. The van der Waals surface area contributed by atoms with E-state index in [-0.39, 0.29) is 5.91 Å². The smallest absolute Gasteiger partial charge is 0.272 e. The molecule has 0 spiro atoms. The maximum Gasteiger partial charge on any atom is 0.272 e. The summed E-state index contributed by atoms with van der Waals surface area (Å²) in [6.45, 7) is 3.97. The van der Waals surface area contributed by atoms with Crippen LogP contribution in [0.1, 0.15) is 36.7 Å². The van der Waals surface area contributed by atoms with E-state index in [4.69, 9.17) is 0 Å². The van der Waals surface area contributed by atoms with Crippen LogP contribution in [0.2, 0.25) is 0 Å². The van der Waals surface area contributed by atoms with E-state index in [0.29, 0.717) is 5.69 Å². The lowest BCUT2D eigenvalue weighted by Gasteiger charge is -2.20. The minimum atomic E-state index is 0.0567. The van der Waals surface area contributed by atoms with Gasteiger partial charge in [0.05, 0.1) is 0 Å².